The summed E-state index contributed by atoms with van der Waals surface area (Å²) in [7, 11) is 2.12. The summed E-state index contributed by atoms with van der Waals surface area (Å²) in [5.74, 6) is 1.05. The number of Topliss-reactive ketones (excluding diaryl/α,β-unsaturated/α-hetero) is 1. The van der Waals surface area contributed by atoms with Crippen LogP contribution in [0.2, 0.25) is 0 Å². The highest BCUT2D eigenvalue weighted by Gasteiger charge is 2.17. The Balaban J connectivity index is 1.89. The van der Waals surface area contributed by atoms with Crippen molar-refractivity contribution in [2.45, 2.75) is 17.9 Å². The summed E-state index contributed by atoms with van der Waals surface area (Å²) in [6.45, 7) is 4.42. The Morgan fingerprint density at radius 3 is 3.11 bits per heavy atom. The van der Waals surface area contributed by atoms with E-state index in [0.717, 1.165) is 35.9 Å². The normalized spacial score (nSPS) is 20.9. The summed E-state index contributed by atoms with van der Waals surface area (Å²) < 4.78 is 5.72. The Labute approximate surface area is 113 Å². The molecule has 0 aliphatic carbocycles. The Morgan fingerprint density at radius 1 is 1.56 bits per heavy atom. The number of morpholine rings is 1. The van der Waals surface area contributed by atoms with Gasteiger partial charge in [-0.05, 0) is 26.1 Å². The predicted molar refractivity (Wildman–Crippen MR) is 74.4 cm³/mol. The van der Waals surface area contributed by atoms with Gasteiger partial charge in [0, 0.05) is 29.3 Å². The van der Waals surface area contributed by atoms with E-state index in [1.807, 2.05) is 24.3 Å². The number of hydrogen-bond donors (Lipinski definition) is 0. The van der Waals surface area contributed by atoms with Crippen LogP contribution in [0.15, 0.2) is 29.2 Å². The third-order valence-corrected chi connectivity index (χ3v) is 4.14. The van der Waals surface area contributed by atoms with Gasteiger partial charge in [-0.15, -0.1) is 11.8 Å². The average molecular weight is 265 g/mol. The highest BCUT2D eigenvalue weighted by molar-refractivity contribution is 7.99. The van der Waals surface area contributed by atoms with Crippen LogP contribution in [-0.4, -0.2) is 49.3 Å². The minimum Gasteiger partial charge on any atom is -0.375 e. The molecule has 1 aliphatic heterocycles. The summed E-state index contributed by atoms with van der Waals surface area (Å²) in [5.41, 5.74) is 0.779. The summed E-state index contributed by atoms with van der Waals surface area (Å²) in [6, 6.07) is 7.80. The number of carbonyl (C=O) groups is 1. The minimum absolute atomic E-state index is 0.117. The molecule has 1 aromatic carbocycles. The standard InChI is InChI=1S/C14H19NO2S/c1-11(16)12-4-3-5-14(8-12)18-10-13-9-15(2)6-7-17-13/h3-5,8,13H,6-7,9-10H2,1-2H3. The molecule has 1 saturated heterocycles. The molecule has 3 nitrogen and oxygen atoms in total. The van der Waals surface area contributed by atoms with Gasteiger partial charge in [-0.2, -0.15) is 0 Å². The van der Waals surface area contributed by atoms with Crippen LogP contribution in [-0.2, 0) is 4.74 Å². The fourth-order valence-corrected chi connectivity index (χ4v) is 2.93. The zero-order chi connectivity index (χ0) is 13.0. The van der Waals surface area contributed by atoms with Gasteiger partial charge < -0.3 is 9.64 Å². The maximum absolute atomic E-state index is 11.3. The molecule has 0 saturated carbocycles. The molecule has 1 aromatic rings. The van der Waals surface area contributed by atoms with Crippen LogP contribution < -0.4 is 0 Å². The molecular weight excluding hydrogens is 246 g/mol. The molecule has 0 radical (unpaired) electrons. The molecule has 18 heavy (non-hydrogen) atoms. The number of ketones is 1. The van der Waals surface area contributed by atoms with Crippen LogP contribution >= 0.6 is 11.8 Å². The number of ether oxygens (including phenoxy) is 1. The molecule has 0 spiro atoms. The van der Waals surface area contributed by atoms with E-state index < -0.39 is 0 Å². The Hall–Kier alpha value is -0.840. The van der Waals surface area contributed by atoms with Crippen molar-refractivity contribution in [2.75, 3.05) is 32.5 Å². The summed E-state index contributed by atoms with van der Waals surface area (Å²) in [5, 5.41) is 0. The largest absolute Gasteiger partial charge is 0.375 e. The van der Waals surface area contributed by atoms with Gasteiger partial charge in [-0.25, -0.2) is 0 Å². The second kappa shape index (κ2) is 6.36. The second-order valence-electron chi connectivity index (χ2n) is 4.65. The van der Waals surface area contributed by atoms with Crippen molar-refractivity contribution in [1.82, 2.24) is 4.90 Å². The first-order valence-electron chi connectivity index (χ1n) is 6.19. The Bertz CT molecular complexity index is 422. The molecular formula is C14H19NO2S. The fraction of sp³-hybridized carbons (Fsp3) is 0.500. The lowest BCUT2D eigenvalue weighted by atomic mass is 10.2. The molecule has 0 amide bonds. The lowest BCUT2D eigenvalue weighted by molar-refractivity contribution is -0.00598. The number of hydrogen-bond acceptors (Lipinski definition) is 4. The van der Waals surface area contributed by atoms with E-state index in [1.54, 1.807) is 18.7 Å². The van der Waals surface area contributed by atoms with Gasteiger partial charge in [0.1, 0.15) is 0 Å². The monoisotopic (exact) mass is 265 g/mol. The number of nitrogens with zero attached hydrogens (tertiary/aromatic N) is 1. The number of benzene rings is 1. The molecule has 0 aromatic heterocycles. The van der Waals surface area contributed by atoms with Gasteiger partial charge in [-0.1, -0.05) is 12.1 Å². The lowest BCUT2D eigenvalue weighted by Gasteiger charge is -2.29. The lowest BCUT2D eigenvalue weighted by Crippen LogP contribution is -2.41. The summed E-state index contributed by atoms with van der Waals surface area (Å²) >= 11 is 1.76. The number of rotatable bonds is 4. The van der Waals surface area contributed by atoms with E-state index in [9.17, 15) is 4.79 Å². The van der Waals surface area contributed by atoms with Gasteiger partial charge in [0.05, 0.1) is 12.7 Å². The first-order valence-corrected chi connectivity index (χ1v) is 7.17. The SMILES string of the molecule is CC(=O)c1cccc(SCC2CN(C)CCO2)c1. The van der Waals surface area contributed by atoms with E-state index in [4.69, 9.17) is 4.74 Å². The number of thioether (sulfide) groups is 1. The van der Waals surface area contributed by atoms with Gasteiger partial charge in [0.25, 0.3) is 0 Å². The van der Waals surface area contributed by atoms with E-state index in [1.165, 1.54) is 0 Å². The van der Waals surface area contributed by atoms with Gasteiger partial charge in [-0.3, -0.25) is 4.79 Å². The van der Waals surface area contributed by atoms with Crippen LogP contribution in [0.1, 0.15) is 17.3 Å². The van der Waals surface area contributed by atoms with Gasteiger partial charge >= 0.3 is 0 Å². The van der Waals surface area contributed by atoms with Gasteiger partial charge in [0.15, 0.2) is 5.78 Å². The molecule has 2 rings (SSSR count). The highest BCUT2D eigenvalue weighted by atomic mass is 32.2. The van der Waals surface area contributed by atoms with Crippen molar-refractivity contribution in [3.8, 4) is 0 Å². The quantitative estimate of drug-likeness (QED) is 0.617. The van der Waals surface area contributed by atoms with Crippen molar-refractivity contribution in [3.63, 3.8) is 0 Å². The molecule has 1 heterocycles. The maximum Gasteiger partial charge on any atom is 0.159 e. The molecule has 1 unspecified atom stereocenters. The molecule has 0 N–H and O–H groups in total. The van der Waals surface area contributed by atoms with Crippen LogP contribution in [0.4, 0.5) is 0 Å². The maximum atomic E-state index is 11.3. The molecule has 1 aliphatic rings. The van der Waals surface area contributed by atoms with Crippen LogP contribution in [0, 0.1) is 0 Å². The van der Waals surface area contributed by atoms with E-state index in [0.29, 0.717) is 0 Å². The van der Waals surface area contributed by atoms with E-state index in [-0.39, 0.29) is 11.9 Å². The summed E-state index contributed by atoms with van der Waals surface area (Å²) in [6.07, 6.45) is 0.287. The fourth-order valence-electron chi connectivity index (χ4n) is 1.96. The first kappa shape index (κ1) is 13.6. The van der Waals surface area contributed by atoms with Crippen molar-refractivity contribution in [1.29, 1.82) is 0 Å². The highest BCUT2D eigenvalue weighted by Crippen LogP contribution is 2.22. The van der Waals surface area contributed by atoms with E-state index >= 15 is 0 Å². The smallest absolute Gasteiger partial charge is 0.159 e. The van der Waals surface area contributed by atoms with E-state index in [2.05, 4.69) is 11.9 Å². The topological polar surface area (TPSA) is 29.5 Å². The zero-order valence-electron chi connectivity index (χ0n) is 10.9. The third-order valence-electron chi connectivity index (χ3n) is 3.02. The Kier molecular flexibility index (Phi) is 4.80. The van der Waals surface area contributed by atoms with Crippen molar-refractivity contribution < 1.29 is 9.53 Å². The van der Waals surface area contributed by atoms with Gasteiger partial charge in [0.2, 0.25) is 0 Å². The second-order valence-corrected chi connectivity index (χ2v) is 5.74. The molecule has 4 heteroatoms. The molecule has 98 valence electrons. The minimum atomic E-state index is 0.117. The zero-order valence-corrected chi connectivity index (χ0v) is 11.7. The first-order chi connectivity index (χ1) is 8.65. The number of likely N-dealkylation sites (N-methyl/N-ethyl adjacent to an activating group) is 1. The third kappa shape index (κ3) is 3.83. The van der Waals surface area contributed by atoms with Crippen LogP contribution in [0.5, 0.6) is 0 Å². The molecule has 1 atom stereocenters. The van der Waals surface area contributed by atoms with Crippen molar-refractivity contribution in [3.05, 3.63) is 29.8 Å². The molecule has 0 bridgehead atoms. The van der Waals surface area contributed by atoms with Crippen molar-refractivity contribution >= 4 is 17.5 Å². The average Bonchev–Trinajstić information content (AvgIpc) is 2.37. The van der Waals surface area contributed by atoms with Crippen LogP contribution in [0.25, 0.3) is 0 Å². The van der Waals surface area contributed by atoms with Crippen molar-refractivity contribution in [2.24, 2.45) is 0 Å². The molecule has 1 fully saturated rings. The Morgan fingerprint density at radius 2 is 2.39 bits per heavy atom. The summed E-state index contributed by atoms with van der Waals surface area (Å²) in [4.78, 5) is 14.7. The van der Waals surface area contributed by atoms with Crippen LogP contribution in [0.3, 0.4) is 0 Å². The predicted octanol–water partition coefficient (Wildman–Crippen LogP) is 2.31. The number of carbonyl (C=O) groups excluding carboxylic acids is 1.